The third-order valence-electron chi connectivity index (χ3n) is 3.00. The van der Waals surface area contributed by atoms with Crippen molar-refractivity contribution in [3.63, 3.8) is 0 Å². The number of nitrogens with zero attached hydrogens (tertiary/aromatic N) is 1. The maximum atomic E-state index is 11.6. The summed E-state index contributed by atoms with van der Waals surface area (Å²) in [6.07, 6.45) is 2.11. The van der Waals surface area contributed by atoms with Crippen LogP contribution in [0.15, 0.2) is 36.4 Å². The molecule has 0 aliphatic heterocycles. The molecule has 0 heterocycles. The molecular formula is C16H23NO. The normalized spacial score (nSPS) is 12.4. The Balaban J connectivity index is 2.82. The number of allylic oxidation sites excluding steroid dienone is 1. The zero-order valence-corrected chi connectivity index (χ0v) is 12.0. The molecule has 0 saturated carbocycles. The lowest BCUT2D eigenvalue weighted by Gasteiger charge is -2.34. The predicted molar refractivity (Wildman–Crippen MR) is 77.2 cm³/mol. The van der Waals surface area contributed by atoms with E-state index >= 15 is 0 Å². The van der Waals surface area contributed by atoms with Crippen molar-refractivity contribution < 1.29 is 4.79 Å². The number of benzene rings is 1. The third kappa shape index (κ3) is 4.02. The van der Waals surface area contributed by atoms with E-state index in [1.165, 1.54) is 11.1 Å². The largest absolute Gasteiger partial charge is 0.334 e. The fourth-order valence-corrected chi connectivity index (χ4v) is 1.92. The summed E-state index contributed by atoms with van der Waals surface area (Å²) in [4.78, 5) is 13.5. The Kier molecular flexibility index (Phi) is 4.71. The van der Waals surface area contributed by atoms with Crippen LogP contribution in [0.5, 0.6) is 0 Å². The van der Waals surface area contributed by atoms with E-state index in [1.807, 2.05) is 23.1 Å². The monoisotopic (exact) mass is 245 g/mol. The summed E-state index contributed by atoms with van der Waals surface area (Å²) in [5.41, 5.74) is 2.26. The lowest BCUT2D eigenvalue weighted by atomic mass is 10.0. The number of hydrogen-bond acceptors (Lipinski definition) is 1. The van der Waals surface area contributed by atoms with Gasteiger partial charge in [0.05, 0.1) is 0 Å². The van der Waals surface area contributed by atoms with Crippen LogP contribution in [0, 0.1) is 0 Å². The molecule has 0 bridgehead atoms. The molecule has 1 amide bonds. The van der Waals surface area contributed by atoms with Crippen LogP contribution in [0.3, 0.4) is 0 Å². The maximum absolute atomic E-state index is 11.6. The van der Waals surface area contributed by atoms with Crippen molar-refractivity contribution in [2.24, 2.45) is 0 Å². The highest BCUT2D eigenvalue weighted by atomic mass is 16.2. The van der Waals surface area contributed by atoms with Gasteiger partial charge in [-0.2, -0.15) is 0 Å². The second-order valence-electron chi connectivity index (χ2n) is 5.55. The number of carbonyl (C=O) groups excluding carboxylic acids is 1. The van der Waals surface area contributed by atoms with Gasteiger partial charge in [-0.05, 0) is 38.8 Å². The molecule has 2 heteroatoms. The number of amides is 1. The van der Waals surface area contributed by atoms with E-state index < -0.39 is 0 Å². The second-order valence-corrected chi connectivity index (χ2v) is 5.55. The summed E-state index contributed by atoms with van der Waals surface area (Å²) in [5, 5.41) is 0. The summed E-state index contributed by atoms with van der Waals surface area (Å²) in [6.45, 7) is 10.5. The molecule has 0 N–H and O–H groups in total. The minimum Gasteiger partial charge on any atom is -0.334 e. The van der Waals surface area contributed by atoms with Gasteiger partial charge in [0.1, 0.15) is 0 Å². The van der Waals surface area contributed by atoms with Crippen LogP contribution < -0.4 is 0 Å². The highest BCUT2D eigenvalue weighted by Crippen LogP contribution is 2.17. The first-order valence-corrected chi connectivity index (χ1v) is 6.33. The van der Waals surface area contributed by atoms with E-state index in [9.17, 15) is 4.79 Å². The first-order valence-electron chi connectivity index (χ1n) is 6.33. The van der Waals surface area contributed by atoms with E-state index in [0.717, 1.165) is 0 Å². The average Bonchev–Trinajstić information content (AvgIpc) is 2.28. The molecule has 0 atom stereocenters. The number of rotatable bonds is 3. The van der Waals surface area contributed by atoms with Gasteiger partial charge in [-0.25, -0.2) is 0 Å². The van der Waals surface area contributed by atoms with Gasteiger partial charge in [0, 0.05) is 19.0 Å². The summed E-state index contributed by atoms with van der Waals surface area (Å²) in [6, 6.07) is 10.2. The molecule has 0 aliphatic rings. The van der Waals surface area contributed by atoms with E-state index in [0.29, 0.717) is 6.54 Å². The summed E-state index contributed by atoms with van der Waals surface area (Å²) in [7, 11) is 0. The van der Waals surface area contributed by atoms with Crippen molar-refractivity contribution in [3.05, 3.63) is 42.0 Å². The summed E-state index contributed by atoms with van der Waals surface area (Å²) >= 11 is 0. The van der Waals surface area contributed by atoms with E-state index in [2.05, 4.69) is 45.9 Å². The van der Waals surface area contributed by atoms with Gasteiger partial charge in [-0.15, -0.1) is 0 Å². The second kappa shape index (κ2) is 5.85. The lowest BCUT2D eigenvalue weighted by molar-refractivity contribution is -0.132. The lowest BCUT2D eigenvalue weighted by Crippen LogP contribution is -2.44. The molecule has 0 fully saturated rings. The Morgan fingerprint density at radius 1 is 1.17 bits per heavy atom. The molecule has 0 aromatic heterocycles. The average molecular weight is 245 g/mol. The van der Waals surface area contributed by atoms with Gasteiger partial charge in [0.25, 0.3) is 0 Å². The molecule has 0 unspecified atom stereocenters. The Bertz CT molecular complexity index is 426. The van der Waals surface area contributed by atoms with Gasteiger partial charge >= 0.3 is 0 Å². The Morgan fingerprint density at radius 2 is 1.72 bits per heavy atom. The number of hydrogen-bond donors (Lipinski definition) is 0. The van der Waals surface area contributed by atoms with Gasteiger partial charge < -0.3 is 4.90 Å². The van der Waals surface area contributed by atoms with Crippen molar-refractivity contribution in [3.8, 4) is 0 Å². The molecule has 0 aliphatic carbocycles. The maximum Gasteiger partial charge on any atom is 0.220 e. The quantitative estimate of drug-likeness (QED) is 0.794. The van der Waals surface area contributed by atoms with Gasteiger partial charge in [-0.1, -0.05) is 36.4 Å². The SMILES string of the molecule is CC(=O)N(CC=C(C)c1ccccc1)C(C)(C)C. The van der Waals surface area contributed by atoms with Crippen LogP contribution in [-0.4, -0.2) is 22.9 Å². The zero-order valence-electron chi connectivity index (χ0n) is 12.0. The van der Waals surface area contributed by atoms with Crippen molar-refractivity contribution in [1.29, 1.82) is 0 Å². The standard InChI is InChI=1S/C16H23NO/c1-13(15-9-7-6-8-10-15)11-12-17(14(2)18)16(3,4)5/h6-11H,12H2,1-5H3. The van der Waals surface area contributed by atoms with Crippen molar-refractivity contribution in [2.75, 3.05) is 6.54 Å². The fraction of sp³-hybridized carbons (Fsp3) is 0.438. The van der Waals surface area contributed by atoms with Crippen molar-refractivity contribution in [1.82, 2.24) is 4.90 Å². The topological polar surface area (TPSA) is 20.3 Å². The fourth-order valence-electron chi connectivity index (χ4n) is 1.92. The first kappa shape index (κ1) is 14.5. The summed E-state index contributed by atoms with van der Waals surface area (Å²) < 4.78 is 0. The van der Waals surface area contributed by atoms with Crippen LogP contribution >= 0.6 is 0 Å². The van der Waals surface area contributed by atoms with Gasteiger partial charge in [0.15, 0.2) is 0 Å². The zero-order chi connectivity index (χ0) is 13.8. The van der Waals surface area contributed by atoms with Crippen LogP contribution in [0.1, 0.15) is 40.2 Å². The van der Waals surface area contributed by atoms with Crippen molar-refractivity contribution in [2.45, 2.75) is 40.2 Å². The van der Waals surface area contributed by atoms with Crippen LogP contribution in [0.4, 0.5) is 0 Å². The highest BCUT2D eigenvalue weighted by Gasteiger charge is 2.22. The predicted octanol–water partition coefficient (Wildman–Crippen LogP) is 3.74. The van der Waals surface area contributed by atoms with Gasteiger partial charge in [0.2, 0.25) is 5.91 Å². The third-order valence-corrected chi connectivity index (χ3v) is 3.00. The smallest absolute Gasteiger partial charge is 0.220 e. The van der Waals surface area contributed by atoms with Crippen LogP contribution in [-0.2, 0) is 4.79 Å². The molecule has 0 radical (unpaired) electrons. The molecule has 98 valence electrons. The van der Waals surface area contributed by atoms with E-state index in [-0.39, 0.29) is 11.4 Å². The van der Waals surface area contributed by atoms with Gasteiger partial charge in [-0.3, -0.25) is 4.79 Å². The molecular weight excluding hydrogens is 222 g/mol. The molecule has 1 aromatic carbocycles. The summed E-state index contributed by atoms with van der Waals surface area (Å²) in [5.74, 6) is 0.111. The Morgan fingerprint density at radius 3 is 2.17 bits per heavy atom. The molecule has 2 nitrogen and oxygen atoms in total. The Hall–Kier alpha value is -1.57. The minimum atomic E-state index is -0.140. The van der Waals surface area contributed by atoms with Crippen LogP contribution in [0.2, 0.25) is 0 Å². The minimum absolute atomic E-state index is 0.111. The van der Waals surface area contributed by atoms with E-state index in [4.69, 9.17) is 0 Å². The molecule has 0 saturated heterocycles. The van der Waals surface area contributed by atoms with E-state index in [1.54, 1.807) is 6.92 Å². The molecule has 1 aromatic rings. The molecule has 0 spiro atoms. The number of carbonyl (C=O) groups is 1. The van der Waals surface area contributed by atoms with Crippen LogP contribution in [0.25, 0.3) is 5.57 Å². The molecule has 18 heavy (non-hydrogen) atoms. The molecule has 1 rings (SSSR count). The highest BCUT2D eigenvalue weighted by molar-refractivity contribution is 5.74. The first-order chi connectivity index (χ1) is 8.32. The van der Waals surface area contributed by atoms with Crippen molar-refractivity contribution >= 4 is 11.5 Å². The Labute approximate surface area is 110 Å².